The van der Waals surface area contributed by atoms with Gasteiger partial charge in [0, 0.05) is 23.6 Å². The normalized spacial score (nSPS) is 9.83. The van der Waals surface area contributed by atoms with Crippen molar-refractivity contribution in [2.75, 3.05) is 19.4 Å². The molecule has 98 valence electrons. The number of hydrogen-bond donors (Lipinski definition) is 1. The molecule has 1 aromatic rings. The second-order valence-corrected chi connectivity index (χ2v) is 4.76. The Balaban J connectivity index is 2.09. The first-order valence-corrected chi connectivity index (χ1v) is 6.72. The van der Waals surface area contributed by atoms with Crippen LogP contribution in [0.2, 0.25) is 0 Å². The lowest BCUT2D eigenvalue weighted by atomic mass is 10.4. The Hall–Kier alpha value is -1.49. The zero-order valence-electron chi connectivity index (χ0n) is 10.3. The molecule has 0 saturated heterocycles. The van der Waals surface area contributed by atoms with E-state index >= 15 is 0 Å². The summed E-state index contributed by atoms with van der Waals surface area (Å²) >= 11 is 1.64. The zero-order valence-corrected chi connectivity index (χ0v) is 11.2. The van der Waals surface area contributed by atoms with E-state index in [1.807, 2.05) is 30.3 Å². The quantitative estimate of drug-likeness (QED) is 0.605. The standard InChI is InChI=1S/C13H17NO3S/c1-17-13(16)7-9-14-12(15)8-10-18-11-5-3-2-4-6-11/h2-6H,7-10H2,1H3,(H,14,15). The van der Waals surface area contributed by atoms with Gasteiger partial charge in [0.05, 0.1) is 13.5 Å². The van der Waals surface area contributed by atoms with E-state index in [1.165, 1.54) is 7.11 Å². The van der Waals surface area contributed by atoms with Gasteiger partial charge in [-0.1, -0.05) is 18.2 Å². The van der Waals surface area contributed by atoms with Crippen molar-refractivity contribution < 1.29 is 14.3 Å². The molecule has 4 nitrogen and oxygen atoms in total. The van der Waals surface area contributed by atoms with Crippen molar-refractivity contribution in [2.24, 2.45) is 0 Å². The summed E-state index contributed by atoms with van der Waals surface area (Å²) < 4.78 is 4.48. The molecule has 0 heterocycles. The number of benzene rings is 1. The SMILES string of the molecule is COC(=O)CCNC(=O)CCSc1ccccc1. The second kappa shape index (κ2) is 8.58. The Morgan fingerprint density at radius 1 is 1.22 bits per heavy atom. The molecule has 0 fully saturated rings. The zero-order chi connectivity index (χ0) is 13.2. The first-order valence-electron chi connectivity index (χ1n) is 5.73. The Morgan fingerprint density at radius 3 is 2.61 bits per heavy atom. The molecule has 0 aliphatic carbocycles. The summed E-state index contributed by atoms with van der Waals surface area (Å²) in [5, 5.41) is 2.68. The predicted molar refractivity (Wildman–Crippen MR) is 71.4 cm³/mol. The van der Waals surface area contributed by atoms with Gasteiger partial charge in [-0.3, -0.25) is 9.59 Å². The number of amides is 1. The van der Waals surface area contributed by atoms with Gasteiger partial charge in [0.15, 0.2) is 0 Å². The van der Waals surface area contributed by atoms with Crippen molar-refractivity contribution in [2.45, 2.75) is 17.7 Å². The van der Waals surface area contributed by atoms with Crippen molar-refractivity contribution in [3.63, 3.8) is 0 Å². The van der Waals surface area contributed by atoms with Crippen LogP contribution < -0.4 is 5.32 Å². The highest BCUT2D eigenvalue weighted by Gasteiger charge is 2.04. The molecule has 0 atom stereocenters. The average molecular weight is 267 g/mol. The number of methoxy groups -OCH3 is 1. The number of esters is 1. The Morgan fingerprint density at radius 2 is 1.94 bits per heavy atom. The Kier molecular flexibility index (Phi) is 6.94. The number of thioether (sulfide) groups is 1. The van der Waals surface area contributed by atoms with E-state index in [2.05, 4.69) is 10.1 Å². The first-order chi connectivity index (χ1) is 8.72. The molecule has 1 rings (SSSR count). The summed E-state index contributed by atoms with van der Waals surface area (Å²) in [6.45, 7) is 0.335. The Bertz CT molecular complexity index is 381. The second-order valence-electron chi connectivity index (χ2n) is 3.59. The van der Waals surface area contributed by atoms with Crippen molar-refractivity contribution in [1.29, 1.82) is 0 Å². The van der Waals surface area contributed by atoms with Crippen molar-refractivity contribution in [3.8, 4) is 0 Å². The van der Waals surface area contributed by atoms with Crippen LogP contribution in [0.5, 0.6) is 0 Å². The molecule has 0 aliphatic heterocycles. The number of carbonyl (C=O) groups is 2. The van der Waals surface area contributed by atoms with E-state index in [1.54, 1.807) is 11.8 Å². The highest BCUT2D eigenvalue weighted by Crippen LogP contribution is 2.17. The van der Waals surface area contributed by atoms with Crippen LogP contribution in [0.25, 0.3) is 0 Å². The van der Waals surface area contributed by atoms with Crippen LogP contribution in [-0.2, 0) is 14.3 Å². The van der Waals surface area contributed by atoms with Crippen molar-refractivity contribution >= 4 is 23.6 Å². The van der Waals surface area contributed by atoms with E-state index in [-0.39, 0.29) is 18.3 Å². The van der Waals surface area contributed by atoms with Gasteiger partial charge in [0.1, 0.15) is 0 Å². The molecule has 0 radical (unpaired) electrons. The lowest BCUT2D eigenvalue weighted by molar-refractivity contribution is -0.140. The van der Waals surface area contributed by atoms with Gasteiger partial charge in [-0.25, -0.2) is 0 Å². The average Bonchev–Trinajstić information content (AvgIpc) is 2.39. The number of rotatable bonds is 7. The lowest BCUT2D eigenvalue weighted by Gasteiger charge is -2.04. The van der Waals surface area contributed by atoms with Gasteiger partial charge in [-0.05, 0) is 12.1 Å². The van der Waals surface area contributed by atoms with Gasteiger partial charge in [-0.15, -0.1) is 11.8 Å². The topological polar surface area (TPSA) is 55.4 Å². The Labute approximate surface area is 111 Å². The summed E-state index contributed by atoms with van der Waals surface area (Å²) in [6.07, 6.45) is 0.662. The van der Waals surface area contributed by atoms with Crippen LogP contribution in [0.4, 0.5) is 0 Å². The van der Waals surface area contributed by atoms with Crippen LogP contribution in [0, 0.1) is 0 Å². The van der Waals surface area contributed by atoms with Crippen molar-refractivity contribution in [1.82, 2.24) is 5.32 Å². The highest BCUT2D eigenvalue weighted by molar-refractivity contribution is 7.99. The summed E-state index contributed by atoms with van der Waals surface area (Å²) in [7, 11) is 1.33. The molecule has 0 aromatic heterocycles. The van der Waals surface area contributed by atoms with Gasteiger partial charge in [0.25, 0.3) is 0 Å². The minimum absolute atomic E-state index is 0.0395. The largest absolute Gasteiger partial charge is 0.469 e. The minimum Gasteiger partial charge on any atom is -0.469 e. The molecule has 0 saturated carbocycles. The van der Waals surface area contributed by atoms with Crippen LogP contribution in [0.3, 0.4) is 0 Å². The van der Waals surface area contributed by atoms with Gasteiger partial charge in [0.2, 0.25) is 5.91 Å². The van der Waals surface area contributed by atoms with Crippen LogP contribution in [0.1, 0.15) is 12.8 Å². The molecular formula is C13H17NO3S. The van der Waals surface area contributed by atoms with Crippen molar-refractivity contribution in [3.05, 3.63) is 30.3 Å². The van der Waals surface area contributed by atoms with Gasteiger partial charge < -0.3 is 10.1 Å². The van der Waals surface area contributed by atoms with E-state index in [0.717, 1.165) is 10.6 Å². The summed E-state index contributed by atoms with van der Waals surface area (Å²) in [5.41, 5.74) is 0. The molecule has 0 aliphatic rings. The molecule has 0 unspecified atom stereocenters. The summed E-state index contributed by atoms with van der Waals surface area (Å²) in [4.78, 5) is 23.4. The number of hydrogen-bond acceptors (Lipinski definition) is 4. The smallest absolute Gasteiger partial charge is 0.307 e. The molecule has 0 bridgehead atoms. The first kappa shape index (κ1) is 14.6. The van der Waals surface area contributed by atoms with Crippen LogP contribution in [-0.4, -0.2) is 31.3 Å². The maximum absolute atomic E-state index is 11.4. The van der Waals surface area contributed by atoms with E-state index < -0.39 is 0 Å². The molecule has 1 amide bonds. The monoisotopic (exact) mass is 267 g/mol. The molecule has 1 N–H and O–H groups in total. The third kappa shape index (κ3) is 6.30. The summed E-state index contributed by atoms with van der Waals surface area (Å²) in [6, 6.07) is 9.93. The maximum Gasteiger partial charge on any atom is 0.307 e. The number of carbonyl (C=O) groups excluding carboxylic acids is 2. The fourth-order valence-electron chi connectivity index (χ4n) is 1.27. The number of ether oxygens (including phenoxy) is 1. The van der Waals surface area contributed by atoms with Crippen LogP contribution >= 0.6 is 11.8 Å². The van der Waals surface area contributed by atoms with E-state index in [9.17, 15) is 9.59 Å². The van der Waals surface area contributed by atoms with Gasteiger partial charge in [-0.2, -0.15) is 0 Å². The number of nitrogens with one attached hydrogen (secondary N) is 1. The molecule has 1 aromatic carbocycles. The molecular weight excluding hydrogens is 250 g/mol. The maximum atomic E-state index is 11.4. The predicted octanol–water partition coefficient (Wildman–Crippen LogP) is 1.85. The fraction of sp³-hybridized carbons (Fsp3) is 0.385. The third-order valence-corrected chi connectivity index (χ3v) is 3.23. The van der Waals surface area contributed by atoms with E-state index in [4.69, 9.17) is 0 Å². The molecule has 18 heavy (non-hydrogen) atoms. The minimum atomic E-state index is -0.311. The third-order valence-electron chi connectivity index (χ3n) is 2.22. The van der Waals surface area contributed by atoms with Gasteiger partial charge >= 0.3 is 5.97 Å². The van der Waals surface area contributed by atoms with Crippen LogP contribution in [0.15, 0.2) is 35.2 Å². The highest BCUT2D eigenvalue weighted by atomic mass is 32.2. The van der Waals surface area contributed by atoms with E-state index in [0.29, 0.717) is 13.0 Å². The fourth-order valence-corrected chi connectivity index (χ4v) is 2.15. The molecule has 5 heteroatoms. The lowest BCUT2D eigenvalue weighted by Crippen LogP contribution is -2.26. The summed E-state index contributed by atoms with van der Waals surface area (Å²) in [5.74, 6) is 0.380. The molecule has 0 spiro atoms.